The molecule has 0 unspecified atom stereocenters. The number of nitrogens with one attached hydrogen (secondary N) is 4. The van der Waals surface area contributed by atoms with Gasteiger partial charge in [-0.1, -0.05) is 0 Å². The number of thiophene rings is 1. The Kier molecular flexibility index (Phi) is 5.23. The van der Waals surface area contributed by atoms with Gasteiger partial charge in [0.25, 0.3) is 17.4 Å². The van der Waals surface area contributed by atoms with E-state index in [9.17, 15) is 14.4 Å². The number of carbonyl (C=O) groups excluding carboxylic acids is 2. The second kappa shape index (κ2) is 7.75. The van der Waals surface area contributed by atoms with Gasteiger partial charge in [0.1, 0.15) is 34.0 Å². The molecule has 0 aromatic carbocycles. The minimum atomic E-state index is -0.839. The third kappa shape index (κ3) is 3.66. The highest BCUT2D eigenvalue weighted by atomic mass is 32.1. The molecular weight excluding hydrogens is 418 g/mol. The molecular formula is C20H23N7O3S. The molecule has 4 N–H and O–H groups in total. The average molecular weight is 442 g/mol. The lowest BCUT2D eigenvalue weighted by molar-refractivity contribution is 0.0931. The molecule has 4 rings (SSSR count). The molecule has 2 amide bonds. The second-order valence-corrected chi connectivity index (χ2v) is 8.81. The predicted octanol–water partition coefficient (Wildman–Crippen LogP) is 1.29. The summed E-state index contributed by atoms with van der Waals surface area (Å²) in [5.41, 5.74) is 0.136. The van der Waals surface area contributed by atoms with Crippen molar-refractivity contribution in [2.24, 2.45) is 0 Å². The topological polar surface area (TPSA) is 130 Å². The Labute approximate surface area is 182 Å². The maximum absolute atomic E-state index is 13.2. The quantitative estimate of drug-likeness (QED) is 0.424. The Hall–Kier alpha value is -3.31. The highest BCUT2D eigenvalue weighted by Crippen LogP contribution is 2.30. The average Bonchev–Trinajstić information content (AvgIpc) is 3.25. The summed E-state index contributed by atoms with van der Waals surface area (Å²) in [6.45, 7) is 6.50. The Morgan fingerprint density at radius 2 is 2.00 bits per heavy atom. The van der Waals surface area contributed by atoms with Crippen LogP contribution in [0.15, 0.2) is 23.3 Å². The van der Waals surface area contributed by atoms with Crippen LogP contribution in [0.1, 0.15) is 39.6 Å². The second-order valence-electron chi connectivity index (χ2n) is 7.78. The van der Waals surface area contributed by atoms with Gasteiger partial charge in [-0.05, 0) is 45.5 Å². The molecule has 4 heterocycles. The van der Waals surface area contributed by atoms with Gasteiger partial charge in [0.2, 0.25) is 0 Å². The smallest absolute Gasteiger partial charge is 0.276 e. The Bertz CT molecular complexity index is 1260. The highest BCUT2D eigenvalue weighted by molar-refractivity contribution is 7.20. The van der Waals surface area contributed by atoms with Gasteiger partial charge in [-0.2, -0.15) is 0 Å². The summed E-state index contributed by atoms with van der Waals surface area (Å²) >= 11 is 1.25. The van der Waals surface area contributed by atoms with Crippen molar-refractivity contribution in [3.05, 3.63) is 44.9 Å². The van der Waals surface area contributed by atoms with E-state index in [0.29, 0.717) is 45.3 Å². The van der Waals surface area contributed by atoms with Crippen LogP contribution in [-0.4, -0.2) is 46.5 Å². The maximum Gasteiger partial charge on any atom is 0.276 e. The minimum absolute atomic E-state index is 0.191. The fraction of sp³-hybridized carbons (Fsp3) is 0.350. The number of rotatable bonds is 6. The van der Waals surface area contributed by atoms with Crippen molar-refractivity contribution in [2.75, 3.05) is 25.5 Å². The summed E-state index contributed by atoms with van der Waals surface area (Å²) in [4.78, 5) is 47.5. The molecule has 0 spiro atoms. The Morgan fingerprint density at radius 1 is 1.23 bits per heavy atom. The minimum Gasteiger partial charge on any atom is -0.350 e. The molecule has 0 saturated carbocycles. The first-order valence-electron chi connectivity index (χ1n) is 9.77. The summed E-state index contributed by atoms with van der Waals surface area (Å²) in [5, 5.41) is 12.4. The molecule has 162 valence electrons. The van der Waals surface area contributed by atoms with Gasteiger partial charge in [0, 0.05) is 13.1 Å². The molecule has 1 aliphatic heterocycles. The van der Waals surface area contributed by atoms with Crippen LogP contribution in [0.2, 0.25) is 0 Å². The zero-order valence-corrected chi connectivity index (χ0v) is 18.4. The van der Waals surface area contributed by atoms with Crippen molar-refractivity contribution in [1.82, 2.24) is 30.5 Å². The molecule has 3 aromatic rings. The standard InChI is InChI=1S/C20H23N7O3S/c1-10-7-12(19(30)27-14(10)17(29)26-20(27,2)3)25-15-11-8-13(16(28)22-6-5-21-4)31-18(11)24-9-23-15/h7-9,21H,5-6H2,1-4H3,(H,22,28)(H,26,29)(H,23,24,25). The lowest BCUT2D eigenvalue weighted by Gasteiger charge is -2.22. The molecule has 3 aromatic heterocycles. The Morgan fingerprint density at radius 3 is 2.74 bits per heavy atom. The highest BCUT2D eigenvalue weighted by Gasteiger charge is 2.37. The van der Waals surface area contributed by atoms with E-state index in [-0.39, 0.29) is 23.1 Å². The Balaban J connectivity index is 1.72. The number of amides is 2. The van der Waals surface area contributed by atoms with Crippen LogP contribution in [-0.2, 0) is 5.66 Å². The lowest BCUT2D eigenvalue weighted by Crippen LogP contribution is -2.42. The van der Waals surface area contributed by atoms with Crippen molar-refractivity contribution >= 4 is 44.9 Å². The molecule has 11 heteroatoms. The molecule has 0 aliphatic carbocycles. The van der Waals surface area contributed by atoms with Gasteiger partial charge in [-0.3, -0.25) is 19.0 Å². The zero-order chi connectivity index (χ0) is 22.3. The third-order valence-electron chi connectivity index (χ3n) is 5.05. The van der Waals surface area contributed by atoms with Crippen molar-refractivity contribution in [1.29, 1.82) is 0 Å². The van der Waals surface area contributed by atoms with Crippen LogP contribution >= 0.6 is 11.3 Å². The molecule has 0 radical (unpaired) electrons. The zero-order valence-electron chi connectivity index (χ0n) is 17.6. The first-order valence-corrected chi connectivity index (χ1v) is 10.6. The molecule has 0 fully saturated rings. The third-order valence-corrected chi connectivity index (χ3v) is 6.09. The van der Waals surface area contributed by atoms with E-state index in [4.69, 9.17) is 0 Å². The molecule has 10 nitrogen and oxygen atoms in total. The summed E-state index contributed by atoms with van der Waals surface area (Å²) in [7, 11) is 1.81. The van der Waals surface area contributed by atoms with Crippen molar-refractivity contribution in [3.8, 4) is 0 Å². The number of hydrogen-bond acceptors (Lipinski definition) is 8. The number of aryl methyl sites for hydroxylation is 1. The summed E-state index contributed by atoms with van der Waals surface area (Å²) < 4.78 is 1.46. The summed E-state index contributed by atoms with van der Waals surface area (Å²) in [6, 6.07) is 3.35. The van der Waals surface area contributed by atoms with Gasteiger partial charge in [0.05, 0.1) is 10.3 Å². The van der Waals surface area contributed by atoms with Gasteiger partial charge >= 0.3 is 0 Å². The largest absolute Gasteiger partial charge is 0.350 e. The summed E-state index contributed by atoms with van der Waals surface area (Å²) in [6.07, 6.45) is 1.39. The van der Waals surface area contributed by atoms with Gasteiger partial charge in [-0.15, -0.1) is 11.3 Å². The van der Waals surface area contributed by atoms with E-state index in [0.717, 1.165) is 0 Å². The van der Waals surface area contributed by atoms with E-state index in [1.165, 1.54) is 22.2 Å². The SMILES string of the molecule is CNCCNC(=O)c1cc2c(Nc3cc(C)c4n(c3=O)C(C)(C)NC4=O)ncnc2s1. The number of aromatic nitrogens is 3. The maximum atomic E-state index is 13.2. The number of nitrogens with zero attached hydrogens (tertiary/aromatic N) is 3. The van der Waals surface area contributed by atoms with E-state index >= 15 is 0 Å². The van der Waals surface area contributed by atoms with E-state index in [1.807, 2.05) is 7.05 Å². The van der Waals surface area contributed by atoms with Gasteiger partial charge < -0.3 is 21.3 Å². The number of likely N-dealkylation sites (N-methyl/N-ethyl adjacent to an activating group) is 1. The first-order chi connectivity index (χ1) is 14.7. The normalized spacial score (nSPS) is 14.4. The van der Waals surface area contributed by atoms with Crippen LogP contribution in [0.5, 0.6) is 0 Å². The van der Waals surface area contributed by atoms with Gasteiger partial charge in [0.15, 0.2) is 0 Å². The van der Waals surface area contributed by atoms with Crippen LogP contribution < -0.4 is 26.8 Å². The number of carbonyl (C=O) groups is 2. The van der Waals surface area contributed by atoms with Crippen LogP contribution in [0.3, 0.4) is 0 Å². The molecule has 31 heavy (non-hydrogen) atoms. The summed E-state index contributed by atoms with van der Waals surface area (Å²) in [5.74, 6) is -0.0472. The van der Waals surface area contributed by atoms with Crippen LogP contribution in [0, 0.1) is 6.92 Å². The molecule has 0 bridgehead atoms. The molecule has 0 atom stereocenters. The van der Waals surface area contributed by atoms with Gasteiger partial charge in [-0.25, -0.2) is 9.97 Å². The fourth-order valence-corrected chi connectivity index (χ4v) is 4.54. The van der Waals surface area contributed by atoms with Crippen molar-refractivity contribution in [3.63, 3.8) is 0 Å². The fourth-order valence-electron chi connectivity index (χ4n) is 3.62. The van der Waals surface area contributed by atoms with Crippen LogP contribution in [0.4, 0.5) is 11.5 Å². The monoisotopic (exact) mass is 441 g/mol. The molecule has 1 aliphatic rings. The van der Waals surface area contributed by atoms with E-state index in [2.05, 4.69) is 31.2 Å². The van der Waals surface area contributed by atoms with Crippen molar-refractivity contribution in [2.45, 2.75) is 26.4 Å². The van der Waals surface area contributed by atoms with Crippen molar-refractivity contribution < 1.29 is 9.59 Å². The first kappa shape index (κ1) is 20.9. The number of pyridine rings is 1. The number of anilines is 2. The van der Waals surface area contributed by atoms with E-state index in [1.54, 1.807) is 32.9 Å². The number of fused-ring (bicyclic) bond motifs is 2. The number of hydrogen-bond donors (Lipinski definition) is 4. The van der Waals surface area contributed by atoms with Crippen LogP contribution in [0.25, 0.3) is 10.2 Å². The molecule has 0 saturated heterocycles. The van der Waals surface area contributed by atoms with E-state index < -0.39 is 5.66 Å². The predicted molar refractivity (Wildman–Crippen MR) is 119 cm³/mol. The lowest BCUT2D eigenvalue weighted by atomic mass is 10.1.